The Morgan fingerprint density at radius 2 is 2.00 bits per heavy atom. The predicted octanol–water partition coefficient (Wildman–Crippen LogP) is 4.79. The summed E-state index contributed by atoms with van der Waals surface area (Å²) in [5.41, 5.74) is 7.77. The van der Waals surface area contributed by atoms with Gasteiger partial charge < -0.3 is 10.4 Å². The SMILES string of the molecule is CC1CB(C2=CC/C(CC(F)(F)F)=C\CC=C2N)OC(C)(C)C1. The number of hydrogen-bond donors (Lipinski definition) is 1. The van der Waals surface area contributed by atoms with Gasteiger partial charge in [-0.1, -0.05) is 30.7 Å². The maximum atomic E-state index is 12.6. The average Bonchev–Trinajstić information content (AvgIpc) is 2.32. The van der Waals surface area contributed by atoms with Crippen LogP contribution in [0, 0.1) is 5.92 Å². The Morgan fingerprint density at radius 3 is 2.61 bits per heavy atom. The molecule has 0 amide bonds. The maximum Gasteiger partial charge on any atom is 0.392 e. The zero-order valence-corrected chi connectivity index (χ0v) is 14.0. The lowest BCUT2D eigenvalue weighted by Gasteiger charge is -2.39. The minimum atomic E-state index is -4.17. The normalized spacial score (nSPS) is 28.2. The monoisotopic (exact) mass is 327 g/mol. The van der Waals surface area contributed by atoms with Gasteiger partial charge in [-0.25, -0.2) is 0 Å². The molecule has 0 radical (unpaired) electrons. The molecule has 2 aliphatic rings. The second-order valence-electron chi connectivity index (χ2n) is 7.32. The quantitative estimate of drug-likeness (QED) is 0.584. The van der Waals surface area contributed by atoms with E-state index in [0.29, 0.717) is 23.6 Å². The van der Waals surface area contributed by atoms with Crippen LogP contribution in [-0.2, 0) is 4.65 Å². The summed E-state index contributed by atoms with van der Waals surface area (Å²) >= 11 is 0. The Morgan fingerprint density at radius 1 is 1.30 bits per heavy atom. The van der Waals surface area contributed by atoms with Gasteiger partial charge in [0.05, 0.1) is 6.42 Å². The Bertz CT molecular complexity index is 534. The van der Waals surface area contributed by atoms with Crippen LogP contribution < -0.4 is 5.73 Å². The lowest BCUT2D eigenvalue weighted by molar-refractivity contribution is -0.127. The van der Waals surface area contributed by atoms with Crippen LogP contribution in [0.2, 0.25) is 6.32 Å². The van der Waals surface area contributed by atoms with Crippen LogP contribution in [-0.4, -0.2) is 18.7 Å². The smallest absolute Gasteiger partial charge is 0.392 e. The van der Waals surface area contributed by atoms with Gasteiger partial charge in [0.2, 0.25) is 0 Å². The van der Waals surface area contributed by atoms with Gasteiger partial charge in [-0.2, -0.15) is 13.2 Å². The molecule has 1 heterocycles. The zero-order valence-electron chi connectivity index (χ0n) is 14.0. The summed E-state index contributed by atoms with van der Waals surface area (Å²) in [6.45, 7) is 6.13. The molecular weight excluding hydrogens is 302 g/mol. The fourth-order valence-electron chi connectivity index (χ4n) is 3.59. The molecule has 2 rings (SSSR count). The van der Waals surface area contributed by atoms with Crippen LogP contribution in [0.5, 0.6) is 0 Å². The molecule has 0 spiro atoms. The van der Waals surface area contributed by atoms with Gasteiger partial charge in [0.15, 0.2) is 0 Å². The molecule has 1 aliphatic heterocycles. The summed E-state index contributed by atoms with van der Waals surface area (Å²) in [7, 11) is 0. The van der Waals surface area contributed by atoms with Crippen LogP contribution in [0.1, 0.15) is 46.5 Å². The van der Waals surface area contributed by atoms with Crippen molar-refractivity contribution in [1.82, 2.24) is 0 Å². The highest BCUT2D eigenvalue weighted by molar-refractivity contribution is 6.62. The molecule has 1 saturated heterocycles. The first-order valence-electron chi connectivity index (χ1n) is 8.14. The standard InChI is InChI=1S/C17H25BF3NO/c1-12-9-16(2,3)23-18(11-12)14-8-7-13(10-17(19,20)21)5-4-6-15(14)22/h5-6,8,12H,4,7,9-11,22H2,1-3H3/b13-5+,14-8?,15-6?. The molecular formula is C17H25BF3NO. The van der Waals surface area contributed by atoms with Crippen molar-refractivity contribution in [2.75, 3.05) is 0 Å². The predicted molar refractivity (Wildman–Crippen MR) is 87.8 cm³/mol. The summed E-state index contributed by atoms with van der Waals surface area (Å²) < 4.78 is 44.0. The Hall–Kier alpha value is -1.17. The third-order valence-electron chi connectivity index (χ3n) is 4.35. The summed E-state index contributed by atoms with van der Waals surface area (Å²) in [5.74, 6) is 0.494. The number of halogens is 3. The molecule has 0 aromatic rings. The van der Waals surface area contributed by atoms with E-state index in [4.69, 9.17) is 10.4 Å². The number of alkyl halides is 3. The first-order valence-corrected chi connectivity index (χ1v) is 8.14. The molecule has 1 aliphatic carbocycles. The first-order chi connectivity index (χ1) is 10.6. The van der Waals surface area contributed by atoms with Crippen molar-refractivity contribution >= 4 is 6.92 Å². The Kier molecular flexibility index (Phi) is 5.34. The molecule has 2 N–H and O–H groups in total. The van der Waals surface area contributed by atoms with E-state index < -0.39 is 12.6 Å². The summed E-state index contributed by atoms with van der Waals surface area (Å²) in [6.07, 6.45) is 2.73. The molecule has 1 unspecified atom stereocenters. The van der Waals surface area contributed by atoms with Crippen LogP contribution >= 0.6 is 0 Å². The molecule has 0 aromatic heterocycles. The molecule has 0 aromatic carbocycles. The second kappa shape index (κ2) is 6.75. The average molecular weight is 327 g/mol. The third kappa shape index (κ3) is 5.45. The van der Waals surface area contributed by atoms with Crippen LogP contribution in [0.25, 0.3) is 0 Å². The molecule has 128 valence electrons. The van der Waals surface area contributed by atoms with Crippen molar-refractivity contribution in [3.63, 3.8) is 0 Å². The second-order valence-corrected chi connectivity index (χ2v) is 7.32. The lowest BCUT2D eigenvalue weighted by atomic mass is 9.50. The number of nitrogens with two attached hydrogens (primary N) is 1. The summed E-state index contributed by atoms with van der Waals surface area (Å²) in [5, 5.41) is 0. The van der Waals surface area contributed by atoms with Gasteiger partial charge in [-0.3, -0.25) is 0 Å². The van der Waals surface area contributed by atoms with Crippen LogP contribution in [0.4, 0.5) is 13.2 Å². The third-order valence-corrected chi connectivity index (χ3v) is 4.35. The van der Waals surface area contributed by atoms with Crippen molar-refractivity contribution in [3.8, 4) is 0 Å². The molecule has 0 bridgehead atoms. The number of hydrogen-bond acceptors (Lipinski definition) is 2. The maximum absolute atomic E-state index is 12.6. The van der Waals surface area contributed by atoms with Crippen molar-refractivity contribution in [2.45, 2.75) is 64.6 Å². The minimum absolute atomic E-state index is 0.143. The highest BCUT2D eigenvalue weighted by atomic mass is 19.4. The molecule has 6 heteroatoms. The lowest BCUT2D eigenvalue weighted by Crippen LogP contribution is -2.43. The topological polar surface area (TPSA) is 35.2 Å². The summed E-state index contributed by atoms with van der Waals surface area (Å²) in [6, 6.07) is 0. The van der Waals surface area contributed by atoms with Gasteiger partial charge in [0.25, 0.3) is 0 Å². The van der Waals surface area contributed by atoms with E-state index in [-0.39, 0.29) is 18.9 Å². The fraction of sp³-hybridized carbons (Fsp3) is 0.647. The van der Waals surface area contributed by atoms with Crippen LogP contribution in [0.15, 0.2) is 35.0 Å². The number of allylic oxidation sites excluding steroid dienone is 5. The molecule has 1 atom stereocenters. The fourth-order valence-corrected chi connectivity index (χ4v) is 3.59. The highest BCUT2D eigenvalue weighted by Gasteiger charge is 2.38. The van der Waals surface area contributed by atoms with E-state index in [0.717, 1.165) is 18.2 Å². The number of rotatable bonds is 2. The molecule has 1 fully saturated rings. The minimum Gasteiger partial charge on any atom is -0.426 e. The van der Waals surface area contributed by atoms with E-state index in [9.17, 15) is 13.2 Å². The Labute approximate surface area is 136 Å². The largest absolute Gasteiger partial charge is 0.426 e. The van der Waals surface area contributed by atoms with Crippen molar-refractivity contribution < 1.29 is 17.8 Å². The van der Waals surface area contributed by atoms with E-state index in [1.54, 1.807) is 12.2 Å². The van der Waals surface area contributed by atoms with E-state index in [1.165, 1.54) is 0 Å². The zero-order chi connectivity index (χ0) is 17.3. The van der Waals surface area contributed by atoms with Gasteiger partial charge in [0.1, 0.15) is 0 Å². The first kappa shape index (κ1) is 18.2. The van der Waals surface area contributed by atoms with E-state index in [2.05, 4.69) is 6.92 Å². The van der Waals surface area contributed by atoms with Crippen molar-refractivity contribution in [1.29, 1.82) is 0 Å². The summed E-state index contributed by atoms with van der Waals surface area (Å²) in [4.78, 5) is 0. The van der Waals surface area contributed by atoms with Gasteiger partial charge in [-0.15, -0.1) is 0 Å². The van der Waals surface area contributed by atoms with E-state index >= 15 is 0 Å². The Balaban J connectivity index is 2.20. The van der Waals surface area contributed by atoms with E-state index in [1.807, 2.05) is 19.9 Å². The van der Waals surface area contributed by atoms with Gasteiger partial charge in [-0.05, 0) is 50.8 Å². The molecule has 0 saturated carbocycles. The van der Waals surface area contributed by atoms with Gasteiger partial charge in [0, 0.05) is 11.3 Å². The van der Waals surface area contributed by atoms with Gasteiger partial charge >= 0.3 is 13.1 Å². The molecule has 2 nitrogen and oxygen atoms in total. The van der Waals surface area contributed by atoms with Crippen molar-refractivity contribution in [3.05, 3.63) is 35.0 Å². The van der Waals surface area contributed by atoms with Crippen molar-refractivity contribution in [2.24, 2.45) is 11.7 Å². The molecule has 23 heavy (non-hydrogen) atoms. The van der Waals surface area contributed by atoms with Crippen LogP contribution in [0.3, 0.4) is 0 Å². The highest BCUT2D eigenvalue weighted by Crippen LogP contribution is 2.36.